The van der Waals surface area contributed by atoms with Crippen molar-refractivity contribution in [1.82, 2.24) is 9.97 Å². The number of H-pyrrole nitrogens is 2. The van der Waals surface area contributed by atoms with Crippen LogP contribution in [0.15, 0.2) is 87.4 Å². The summed E-state index contributed by atoms with van der Waals surface area (Å²) < 4.78 is 0. The van der Waals surface area contributed by atoms with Crippen molar-refractivity contribution in [3.8, 4) is 34.5 Å². The molecule has 14 heteroatoms. The lowest BCUT2D eigenvalue weighted by atomic mass is 9.72. The number of phenols is 6. The fraction of sp³-hybridized carbons (Fsp3) is 0.373. The van der Waals surface area contributed by atoms with Gasteiger partial charge in [0, 0.05) is 94.9 Å². The maximum atomic E-state index is 14.1. The van der Waals surface area contributed by atoms with Crippen LogP contribution < -0.4 is 0 Å². The smallest absolute Gasteiger partial charge is 0.186 e. The molecule has 1 atom stereocenters. The Morgan fingerprint density at radius 2 is 0.852 bits per heavy atom. The number of aryl methyl sites for hydroxylation is 2. The van der Waals surface area contributed by atoms with Crippen LogP contribution in [-0.2, 0) is 22.4 Å². The first-order valence-electron chi connectivity index (χ1n) is 27.5. The monoisotopic (exact) mass is 1100 g/mol. The maximum Gasteiger partial charge on any atom is 0.186 e. The van der Waals surface area contributed by atoms with E-state index in [1.165, 1.54) is 6.08 Å². The third-order valence-electron chi connectivity index (χ3n) is 16.5. The SMILES string of the molecule is C.CC1=C(C(C2=NCCc3c2[nH]c2cc(C)ccc32)c2c(C)c(O)cc(C(C)C)c2O)C(=O)C(C(C)C)=CC1=O.Cc1ccc2c3c([nH]c2c1)C(C(c1c(C)c(O)cc(C(C)C)c1O)c1c(C)c(O)cc(C(C)C)c1O)=NCC3.O=O. The first-order chi connectivity index (χ1) is 37.8. The number of phenolic OH excluding ortho intramolecular Hbond substituents is 6. The first-order valence-corrected chi connectivity index (χ1v) is 27.5. The van der Waals surface area contributed by atoms with Crippen LogP contribution in [0, 0.1) is 50.5 Å². The zero-order valence-electron chi connectivity index (χ0n) is 48.3. The molecule has 426 valence electrons. The summed E-state index contributed by atoms with van der Waals surface area (Å²) in [5, 5.41) is 70.6. The number of nitrogens with one attached hydrogen (secondary N) is 2. The number of aromatic amines is 2. The van der Waals surface area contributed by atoms with Crippen molar-refractivity contribution in [2.45, 2.75) is 147 Å². The number of allylic oxidation sites excluding steroid dienone is 4. The van der Waals surface area contributed by atoms with Crippen molar-refractivity contribution in [3.63, 3.8) is 0 Å². The van der Waals surface area contributed by atoms with Gasteiger partial charge in [-0.3, -0.25) is 19.6 Å². The number of nitrogens with zero attached hydrogens (tertiary/aromatic N) is 2. The van der Waals surface area contributed by atoms with Crippen molar-refractivity contribution in [3.05, 3.63) is 171 Å². The summed E-state index contributed by atoms with van der Waals surface area (Å²) in [4.78, 5) is 58.5. The summed E-state index contributed by atoms with van der Waals surface area (Å²) in [6.07, 6.45) is 2.94. The number of Topliss-reactive ketones (excluding diaryl/α,β-unsaturated/α-hetero) is 1. The van der Waals surface area contributed by atoms with Gasteiger partial charge in [0.05, 0.1) is 34.6 Å². The molecule has 0 spiro atoms. The number of fused-ring (bicyclic) bond motifs is 6. The summed E-state index contributed by atoms with van der Waals surface area (Å²) in [7, 11) is 0. The van der Waals surface area contributed by atoms with Gasteiger partial charge in [0.15, 0.2) is 11.6 Å². The Labute approximate surface area is 474 Å². The van der Waals surface area contributed by atoms with E-state index in [1.54, 1.807) is 45.9 Å². The van der Waals surface area contributed by atoms with E-state index in [9.17, 15) is 40.2 Å². The molecule has 0 bridgehead atoms. The molecule has 2 aliphatic heterocycles. The molecular weight excluding hydrogens is 1020 g/mol. The number of carbonyl (C=O) groups is 2. The molecule has 0 saturated carbocycles. The third-order valence-corrected chi connectivity index (χ3v) is 16.5. The summed E-state index contributed by atoms with van der Waals surface area (Å²) in [6.45, 7) is 27.7. The Morgan fingerprint density at radius 3 is 1.21 bits per heavy atom. The summed E-state index contributed by atoms with van der Waals surface area (Å²) in [5.74, 6) is -2.04. The predicted molar refractivity (Wildman–Crippen MR) is 326 cm³/mol. The Bertz CT molecular complexity index is 3730. The van der Waals surface area contributed by atoms with Gasteiger partial charge in [-0.05, 0) is 153 Å². The minimum atomic E-state index is -0.846. The van der Waals surface area contributed by atoms with Crippen LogP contribution in [0.5, 0.6) is 34.5 Å². The number of aromatic hydroxyl groups is 6. The van der Waals surface area contributed by atoms with Crippen molar-refractivity contribution < 1.29 is 40.2 Å². The number of aromatic nitrogens is 2. The average molecular weight is 1100 g/mol. The van der Waals surface area contributed by atoms with Gasteiger partial charge in [-0.2, -0.15) is 0 Å². The Hall–Kier alpha value is -8.26. The van der Waals surface area contributed by atoms with E-state index in [0.717, 1.165) is 68.3 Å². The van der Waals surface area contributed by atoms with Gasteiger partial charge in [-0.1, -0.05) is 87.1 Å². The van der Waals surface area contributed by atoms with Gasteiger partial charge < -0.3 is 40.6 Å². The molecule has 1 aliphatic carbocycles. The highest BCUT2D eigenvalue weighted by atomic mass is 16.7. The predicted octanol–water partition coefficient (Wildman–Crippen LogP) is 14.5. The number of benzene rings is 5. The van der Waals surface area contributed by atoms with Crippen LogP contribution in [-0.4, -0.2) is 76.7 Å². The fourth-order valence-electron chi connectivity index (χ4n) is 12.1. The van der Waals surface area contributed by atoms with Crippen LogP contribution in [0.4, 0.5) is 0 Å². The number of ketones is 2. The second-order valence-electron chi connectivity index (χ2n) is 23.0. The molecule has 3 aliphatic rings. The third kappa shape index (κ3) is 10.6. The number of aliphatic imine (C=N–C) groups is 2. The lowest BCUT2D eigenvalue weighted by Gasteiger charge is -2.31. The molecule has 10 rings (SSSR count). The second-order valence-corrected chi connectivity index (χ2v) is 23.0. The van der Waals surface area contributed by atoms with Crippen molar-refractivity contribution in [2.24, 2.45) is 15.9 Å². The Kier molecular flexibility index (Phi) is 17.5. The van der Waals surface area contributed by atoms with E-state index in [1.807, 2.05) is 62.3 Å². The highest BCUT2D eigenvalue weighted by molar-refractivity contribution is 6.27. The molecule has 14 nitrogen and oxygen atoms in total. The largest absolute Gasteiger partial charge is 0.508 e. The van der Waals surface area contributed by atoms with Gasteiger partial charge in [0.1, 0.15) is 34.5 Å². The topological polar surface area (TPSA) is 246 Å². The molecule has 0 radical (unpaired) electrons. The van der Waals surface area contributed by atoms with Crippen LogP contribution in [0.1, 0.15) is 183 Å². The molecule has 81 heavy (non-hydrogen) atoms. The zero-order valence-corrected chi connectivity index (χ0v) is 48.3. The molecule has 1 unspecified atom stereocenters. The first kappa shape index (κ1) is 60.4. The quantitative estimate of drug-likeness (QED) is 0.0475. The molecular formula is C67H78N4O10. The summed E-state index contributed by atoms with van der Waals surface area (Å²) in [5.41, 5.74) is 15.2. The normalized spacial score (nSPS) is 14.6. The molecule has 0 amide bonds. The number of rotatable bonds is 10. The van der Waals surface area contributed by atoms with E-state index < -0.39 is 11.8 Å². The Balaban J connectivity index is 0.000000224. The van der Waals surface area contributed by atoms with Crippen LogP contribution >= 0.6 is 0 Å². The van der Waals surface area contributed by atoms with E-state index in [-0.39, 0.29) is 77.2 Å². The van der Waals surface area contributed by atoms with E-state index in [4.69, 9.17) is 19.9 Å². The van der Waals surface area contributed by atoms with Crippen LogP contribution in [0.2, 0.25) is 0 Å². The van der Waals surface area contributed by atoms with Crippen molar-refractivity contribution in [1.29, 1.82) is 0 Å². The molecule has 0 saturated heterocycles. The minimum Gasteiger partial charge on any atom is -0.508 e. The zero-order chi connectivity index (χ0) is 58.7. The minimum absolute atomic E-state index is 0. The van der Waals surface area contributed by atoms with Crippen molar-refractivity contribution >= 4 is 44.8 Å². The number of hydrogen-bond donors (Lipinski definition) is 8. The van der Waals surface area contributed by atoms with Gasteiger partial charge in [-0.25, -0.2) is 0 Å². The number of hydrogen-bond acceptors (Lipinski definition) is 12. The Morgan fingerprint density at radius 1 is 0.494 bits per heavy atom. The van der Waals surface area contributed by atoms with Gasteiger partial charge >= 0.3 is 0 Å². The fourth-order valence-corrected chi connectivity index (χ4v) is 12.1. The van der Waals surface area contributed by atoms with Gasteiger partial charge in [0.2, 0.25) is 0 Å². The molecule has 4 heterocycles. The highest BCUT2D eigenvalue weighted by Crippen LogP contribution is 2.52. The standard InChI is InChI=1S/C33H38N2O4.C33H36N2O4.CH4.O2/c2*1-15(2)22-13-25(36)18(6)27(32(22)38)29(28-19(7)26(37)14-23(16(3)4)33(28)39)31-30-21(10-11-34-31)20-9-8-17(5)12-24(20)35-30;;1-2/h8-9,12-16,29,35-39H,10-11H2,1-7H3;8-9,12-16,29,35-36,38H,10-11H2,1-7H3;1H4;. The molecule has 2 aromatic heterocycles. The summed E-state index contributed by atoms with van der Waals surface area (Å²) in [6, 6.07) is 17.4. The maximum absolute atomic E-state index is 14.1. The van der Waals surface area contributed by atoms with Crippen LogP contribution in [0.3, 0.4) is 0 Å². The lowest BCUT2D eigenvalue weighted by molar-refractivity contribution is -0.116. The summed E-state index contributed by atoms with van der Waals surface area (Å²) >= 11 is 0. The average Bonchev–Trinajstić information content (AvgIpc) is 4.18. The van der Waals surface area contributed by atoms with E-state index in [2.05, 4.69) is 53.3 Å². The lowest BCUT2D eigenvalue weighted by Crippen LogP contribution is -2.31. The molecule has 0 fully saturated rings. The van der Waals surface area contributed by atoms with Crippen molar-refractivity contribution in [2.75, 3.05) is 13.1 Å². The number of carbonyl (C=O) groups excluding carboxylic acids is 2. The van der Waals surface area contributed by atoms with Crippen LogP contribution in [0.25, 0.3) is 21.8 Å². The van der Waals surface area contributed by atoms with E-state index in [0.29, 0.717) is 91.3 Å². The highest BCUT2D eigenvalue weighted by Gasteiger charge is 2.42. The second kappa shape index (κ2) is 23.4. The molecule has 8 N–H and O–H groups in total. The van der Waals surface area contributed by atoms with E-state index >= 15 is 0 Å². The van der Waals surface area contributed by atoms with Gasteiger partial charge in [-0.15, -0.1) is 0 Å². The molecule has 5 aromatic carbocycles. The molecule has 7 aromatic rings. The van der Waals surface area contributed by atoms with Gasteiger partial charge in [0.25, 0.3) is 0 Å².